The molecule has 3 N–H and O–H groups in total. The van der Waals surface area contributed by atoms with Crippen LogP contribution < -0.4 is 25.7 Å². The van der Waals surface area contributed by atoms with Gasteiger partial charge in [0.25, 0.3) is 11.8 Å². The van der Waals surface area contributed by atoms with Gasteiger partial charge in [-0.15, -0.1) is 5.06 Å². The molecule has 0 bridgehead atoms. The Balaban J connectivity index is 0.677. The van der Waals surface area contributed by atoms with Crippen LogP contribution in [0, 0.1) is 11.7 Å². The number of urea groups is 1. The Hall–Kier alpha value is -6.26. The predicted molar refractivity (Wildman–Crippen MR) is 279 cm³/mol. The number of nitrogens with zero attached hydrogens (tertiary/aromatic N) is 7. The van der Waals surface area contributed by atoms with Crippen LogP contribution >= 0.6 is 21.6 Å². The second-order valence-electron chi connectivity index (χ2n) is 19.5. The lowest BCUT2D eigenvalue weighted by atomic mass is 10.00. The second-order valence-corrected chi connectivity index (χ2v) is 22.7. The van der Waals surface area contributed by atoms with Gasteiger partial charge in [0, 0.05) is 158 Å². The number of hydrogen-bond donors (Lipinski definition) is 3. The Labute approximate surface area is 441 Å². The van der Waals surface area contributed by atoms with Crippen molar-refractivity contribution in [1.82, 2.24) is 35.5 Å². The van der Waals surface area contributed by atoms with Crippen molar-refractivity contribution in [3.05, 3.63) is 83.4 Å². The molecule has 3 aromatic rings. The molecule has 2 atom stereocenters. The molecule has 74 heavy (non-hydrogen) atoms. The van der Waals surface area contributed by atoms with Crippen LogP contribution in [0.4, 0.5) is 20.6 Å². The summed E-state index contributed by atoms with van der Waals surface area (Å²) in [6.45, 7) is 8.71. The molecular weight excluding hydrogens is 992 g/mol. The SMILES string of the molecule is [2H]C1([2H])C(C(=O)Nc2ccc(CNC(=O)N3CCC(N4CCN(C(=O)CCSSC(C)(C)CC(=O)N/N=C5\CCN(C)c6cc(OCCCC(=O)ON7C(=O)CCC7=O)ccc65)CC4)CC3)c(F)c2)C1c1cccnc1. The Bertz CT molecular complexity index is 2680. The summed E-state index contributed by atoms with van der Waals surface area (Å²) in [6.07, 6.45) is 4.57. The average Bonchev–Trinajstić information content (AvgIpc) is 4.10. The van der Waals surface area contributed by atoms with Gasteiger partial charge in [-0.25, -0.2) is 19.4 Å². The van der Waals surface area contributed by atoms with Crippen LogP contribution in [0.5, 0.6) is 5.75 Å². The summed E-state index contributed by atoms with van der Waals surface area (Å²) >= 11 is 0. The molecule has 5 aliphatic rings. The highest BCUT2D eigenvalue weighted by atomic mass is 33.1. The van der Waals surface area contributed by atoms with Crippen LogP contribution in [0.3, 0.4) is 0 Å². The minimum absolute atomic E-state index is 0.0237. The maximum absolute atomic E-state index is 15.1. The molecule has 22 heteroatoms. The summed E-state index contributed by atoms with van der Waals surface area (Å²) in [7, 11) is 5.11. The molecule has 2 aromatic carbocycles. The van der Waals surface area contributed by atoms with E-state index in [0.29, 0.717) is 74.1 Å². The van der Waals surface area contributed by atoms with Crippen LogP contribution in [-0.4, -0.2) is 148 Å². The lowest BCUT2D eigenvalue weighted by molar-refractivity contribution is -0.197. The second kappa shape index (κ2) is 24.8. The molecule has 1 aliphatic carbocycles. The molecule has 0 radical (unpaired) electrons. The first kappa shape index (κ1) is 51.2. The van der Waals surface area contributed by atoms with Gasteiger partial charge in [-0.1, -0.05) is 33.7 Å². The number of hydroxylamine groups is 2. The molecule has 3 saturated heterocycles. The smallest absolute Gasteiger partial charge is 0.333 e. The first-order chi connectivity index (χ1) is 36.4. The molecule has 7 amide bonds. The van der Waals surface area contributed by atoms with E-state index in [2.05, 4.69) is 35.9 Å². The number of piperidine rings is 1. The molecule has 1 aromatic heterocycles. The van der Waals surface area contributed by atoms with Crippen LogP contribution in [-0.2, 0) is 40.1 Å². The Morgan fingerprint density at radius 3 is 2.43 bits per heavy atom. The van der Waals surface area contributed by atoms with Gasteiger partial charge in [0.15, 0.2) is 0 Å². The van der Waals surface area contributed by atoms with Gasteiger partial charge in [-0.3, -0.25) is 33.9 Å². The molecule has 4 aliphatic heterocycles. The van der Waals surface area contributed by atoms with E-state index >= 15 is 4.39 Å². The maximum Gasteiger partial charge on any atom is 0.333 e. The van der Waals surface area contributed by atoms with Gasteiger partial charge in [-0.05, 0) is 81.3 Å². The van der Waals surface area contributed by atoms with Gasteiger partial charge < -0.3 is 34.9 Å². The van der Waals surface area contributed by atoms with Crippen molar-refractivity contribution in [3.63, 3.8) is 0 Å². The number of benzene rings is 2. The fourth-order valence-corrected chi connectivity index (χ4v) is 11.8. The monoisotopic (exact) mass is 1060 g/mol. The number of carbonyl (C=O) groups is 7. The van der Waals surface area contributed by atoms with Crippen LogP contribution in [0.2, 0.25) is 0 Å². The Morgan fingerprint density at radius 2 is 1.70 bits per heavy atom. The first-order valence-electron chi connectivity index (χ1n) is 26.1. The molecule has 0 spiro atoms. The molecule has 8 rings (SSSR count). The van der Waals surface area contributed by atoms with Crippen molar-refractivity contribution in [2.45, 2.75) is 101 Å². The van der Waals surface area contributed by atoms with Gasteiger partial charge >= 0.3 is 12.0 Å². The third-order valence-corrected chi connectivity index (χ3v) is 16.8. The Morgan fingerprint density at radius 1 is 0.932 bits per heavy atom. The first-order valence-corrected chi connectivity index (χ1v) is 27.4. The number of nitrogens with one attached hydrogen (secondary N) is 3. The quantitative estimate of drug-likeness (QED) is 0.0524. The van der Waals surface area contributed by atoms with Gasteiger partial charge in [0.2, 0.25) is 17.7 Å². The Kier molecular flexibility index (Phi) is 17.2. The number of pyridine rings is 1. The average molecular weight is 1060 g/mol. The third kappa shape index (κ3) is 14.5. The van der Waals surface area contributed by atoms with Crippen molar-refractivity contribution < 1.29 is 50.3 Å². The van der Waals surface area contributed by atoms with Gasteiger partial charge in [-0.2, -0.15) is 5.10 Å². The molecule has 1 saturated carbocycles. The predicted octanol–water partition coefficient (Wildman–Crippen LogP) is 5.85. The topological polar surface area (TPSA) is 215 Å². The lowest BCUT2D eigenvalue weighted by Gasteiger charge is -2.42. The van der Waals surface area contributed by atoms with E-state index in [1.807, 2.05) is 37.9 Å². The summed E-state index contributed by atoms with van der Waals surface area (Å²) in [6, 6.07) is 13.2. The zero-order valence-electron chi connectivity index (χ0n) is 43.9. The highest BCUT2D eigenvalue weighted by Gasteiger charge is 2.44. The van der Waals surface area contributed by atoms with Crippen molar-refractivity contribution in [3.8, 4) is 5.75 Å². The van der Waals surface area contributed by atoms with Gasteiger partial charge in [0.05, 0.1) is 18.7 Å². The van der Waals surface area contributed by atoms with Crippen molar-refractivity contribution in [2.75, 3.05) is 75.4 Å². The highest BCUT2D eigenvalue weighted by Crippen LogP contribution is 2.47. The van der Waals surface area contributed by atoms with Crippen LogP contribution in [0.15, 0.2) is 66.0 Å². The number of hydrogen-bond acceptors (Lipinski definition) is 15. The maximum atomic E-state index is 15.1. The zero-order valence-corrected chi connectivity index (χ0v) is 43.6. The number of likely N-dealkylation sites (tertiary alicyclic amines) is 1. The number of rotatable bonds is 20. The fourth-order valence-electron chi connectivity index (χ4n) is 9.35. The highest BCUT2D eigenvalue weighted by molar-refractivity contribution is 8.77. The van der Waals surface area contributed by atoms with E-state index < -0.39 is 52.5 Å². The lowest BCUT2D eigenvalue weighted by Crippen LogP contribution is -2.55. The number of aromatic nitrogens is 1. The number of halogens is 1. The number of amides is 7. The van der Waals surface area contributed by atoms with Crippen LogP contribution in [0.25, 0.3) is 0 Å². The number of carbonyl (C=O) groups excluding carboxylic acids is 7. The summed E-state index contributed by atoms with van der Waals surface area (Å²) in [5, 5.41) is 10.5. The minimum atomic E-state index is -1.74. The van der Waals surface area contributed by atoms with E-state index in [1.165, 1.54) is 12.1 Å². The van der Waals surface area contributed by atoms with E-state index in [0.717, 1.165) is 42.9 Å². The summed E-state index contributed by atoms with van der Waals surface area (Å²) in [4.78, 5) is 105. The van der Waals surface area contributed by atoms with Crippen molar-refractivity contribution >= 4 is 80.2 Å². The number of imide groups is 1. The number of ether oxygens (including phenoxy) is 1. The molecular formula is C52H65FN10O9S2. The summed E-state index contributed by atoms with van der Waals surface area (Å²) < 4.78 is 37.1. The zero-order chi connectivity index (χ0) is 54.1. The normalized spacial score (nSPS) is 20.9. The fraction of sp³-hybridized carbons (Fsp3) is 0.519. The van der Waals surface area contributed by atoms with Crippen molar-refractivity contribution in [2.24, 2.45) is 11.0 Å². The standard InChI is InChI=1S/C52H65FN10O9S2/c1-52(2,31-45(64)58-57-43-16-19-59(3)44-29-38(10-11-39(43)44)71-26-5-7-49(68)72-63-47(66)12-13-48(63)67)74-73-27-17-46(65)61-24-22-60(23-25-61)37-14-20-62(21-15-37)51(70)55-33-35-8-9-36(28-42(35)53)56-50(69)41-30-40(41)34-6-4-18-54-32-34/h4,6,8-11,18,28-29,32,37,40-41H,5,7,12-17,19-27,30-31,33H2,1-3H3,(H,55,70)(H,56,69)(H,58,64)/b57-43+/i30D2. The molecule has 2 unspecified atom stereocenters. The molecule has 5 heterocycles. The van der Waals surface area contributed by atoms with E-state index in [9.17, 15) is 33.6 Å². The minimum Gasteiger partial charge on any atom is -0.494 e. The number of anilines is 2. The number of piperazine rings is 1. The van der Waals surface area contributed by atoms with Gasteiger partial charge in [0.1, 0.15) is 11.6 Å². The molecule has 19 nitrogen and oxygen atoms in total. The van der Waals surface area contributed by atoms with Crippen molar-refractivity contribution in [1.29, 1.82) is 0 Å². The summed E-state index contributed by atoms with van der Waals surface area (Å²) in [5.41, 5.74) is 6.34. The largest absolute Gasteiger partial charge is 0.494 e. The molecule has 4 fully saturated rings. The van der Waals surface area contributed by atoms with E-state index in [1.54, 1.807) is 63.1 Å². The van der Waals surface area contributed by atoms with E-state index in [4.69, 9.17) is 12.3 Å². The van der Waals surface area contributed by atoms with E-state index in [-0.39, 0.29) is 74.0 Å². The third-order valence-electron chi connectivity index (χ3n) is 13.5. The van der Waals surface area contributed by atoms with Crippen LogP contribution in [0.1, 0.15) is 103 Å². The number of fused-ring (bicyclic) bond motifs is 1. The molecule has 396 valence electrons. The number of hydrazone groups is 1. The summed E-state index contributed by atoms with van der Waals surface area (Å²) in [5.74, 6) is -3.32.